The number of carbonyl (C=O) groups is 1. The lowest BCUT2D eigenvalue weighted by atomic mass is 10.0. The van der Waals surface area contributed by atoms with E-state index >= 15 is 0 Å². The van der Waals surface area contributed by atoms with Crippen molar-refractivity contribution in [3.05, 3.63) is 34.2 Å². The van der Waals surface area contributed by atoms with Crippen LogP contribution in [0.15, 0.2) is 18.2 Å². The van der Waals surface area contributed by atoms with Gasteiger partial charge in [0, 0.05) is 23.5 Å². The molecule has 0 atom stereocenters. The van der Waals surface area contributed by atoms with Gasteiger partial charge in [0.25, 0.3) is 0 Å². The number of thiazole rings is 1. The van der Waals surface area contributed by atoms with Crippen molar-refractivity contribution in [2.45, 2.75) is 20.3 Å². The van der Waals surface area contributed by atoms with Gasteiger partial charge >= 0.3 is 5.97 Å². The minimum Gasteiger partial charge on any atom is -0.481 e. The zero-order chi connectivity index (χ0) is 16.4. The predicted octanol–water partition coefficient (Wildman–Crippen LogP) is 2.89. The summed E-state index contributed by atoms with van der Waals surface area (Å²) in [7, 11) is 0. The molecule has 0 aliphatic carbocycles. The summed E-state index contributed by atoms with van der Waals surface area (Å²) in [6, 6.07) is 6.18. The number of rotatable bonds is 4. The van der Waals surface area contributed by atoms with Crippen LogP contribution in [0.5, 0.6) is 0 Å². The Morgan fingerprint density at radius 2 is 2.09 bits per heavy atom. The van der Waals surface area contributed by atoms with E-state index in [0.717, 1.165) is 39.9 Å². The average Bonchev–Trinajstić information content (AvgIpc) is 2.91. The van der Waals surface area contributed by atoms with Crippen molar-refractivity contribution < 1.29 is 14.6 Å². The first-order chi connectivity index (χ1) is 11.0. The Kier molecular flexibility index (Phi) is 4.63. The maximum Gasteiger partial charge on any atom is 0.308 e. The van der Waals surface area contributed by atoms with E-state index in [0.29, 0.717) is 13.2 Å². The number of carboxylic acids is 1. The molecule has 122 valence electrons. The average molecular weight is 332 g/mol. The van der Waals surface area contributed by atoms with Crippen LogP contribution in [-0.2, 0) is 16.0 Å². The number of morpholine rings is 1. The Morgan fingerprint density at radius 3 is 2.74 bits per heavy atom. The van der Waals surface area contributed by atoms with Crippen molar-refractivity contribution in [1.82, 2.24) is 4.98 Å². The second kappa shape index (κ2) is 6.68. The monoisotopic (exact) mass is 332 g/mol. The maximum atomic E-state index is 11.2. The molecule has 1 aromatic heterocycles. The third-order valence-electron chi connectivity index (χ3n) is 3.92. The third-order valence-corrected chi connectivity index (χ3v) is 5.03. The number of hydrogen-bond donors (Lipinski definition) is 1. The molecule has 0 unspecified atom stereocenters. The maximum absolute atomic E-state index is 11.2. The van der Waals surface area contributed by atoms with Gasteiger partial charge in [-0.2, -0.15) is 0 Å². The molecule has 1 aliphatic rings. The van der Waals surface area contributed by atoms with Crippen molar-refractivity contribution in [3.63, 3.8) is 0 Å². The smallest absolute Gasteiger partial charge is 0.308 e. The molecule has 2 heterocycles. The van der Waals surface area contributed by atoms with Crippen LogP contribution in [0.1, 0.15) is 16.0 Å². The zero-order valence-electron chi connectivity index (χ0n) is 13.3. The second-order valence-corrected chi connectivity index (χ2v) is 6.82. The highest BCUT2D eigenvalue weighted by Crippen LogP contribution is 2.35. The number of aliphatic carboxylic acids is 1. The van der Waals surface area contributed by atoms with Crippen LogP contribution < -0.4 is 4.90 Å². The fourth-order valence-electron chi connectivity index (χ4n) is 2.78. The van der Waals surface area contributed by atoms with Crippen molar-refractivity contribution in [2.24, 2.45) is 0 Å². The minimum absolute atomic E-state index is 0.00462. The normalized spacial score (nSPS) is 15.0. The lowest BCUT2D eigenvalue weighted by Crippen LogP contribution is -2.36. The van der Waals surface area contributed by atoms with Crippen molar-refractivity contribution in [2.75, 3.05) is 31.2 Å². The van der Waals surface area contributed by atoms with Crippen LogP contribution in [0.25, 0.3) is 11.3 Å². The summed E-state index contributed by atoms with van der Waals surface area (Å²) in [5.41, 5.74) is 4.13. The van der Waals surface area contributed by atoms with Gasteiger partial charge in [0.1, 0.15) is 0 Å². The fourth-order valence-corrected chi connectivity index (χ4v) is 3.89. The molecule has 0 saturated carbocycles. The van der Waals surface area contributed by atoms with E-state index in [9.17, 15) is 9.90 Å². The summed E-state index contributed by atoms with van der Waals surface area (Å²) < 4.78 is 5.38. The number of carboxylic acid groups (broad SMARTS) is 1. The lowest BCUT2D eigenvalue weighted by Gasteiger charge is -2.26. The van der Waals surface area contributed by atoms with Gasteiger partial charge in [-0.05, 0) is 19.4 Å². The summed E-state index contributed by atoms with van der Waals surface area (Å²) in [5, 5.41) is 10.1. The van der Waals surface area contributed by atoms with Crippen LogP contribution in [-0.4, -0.2) is 42.4 Å². The number of benzene rings is 1. The highest BCUT2D eigenvalue weighted by Gasteiger charge is 2.21. The van der Waals surface area contributed by atoms with Gasteiger partial charge in [0.2, 0.25) is 0 Å². The van der Waals surface area contributed by atoms with Crippen LogP contribution in [0, 0.1) is 13.8 Å². The summed E-state index contributed by atoms with van der Waals surface area (Å²) in [4.78, 5) is 19.0. The molecule has 1 aromatic carbocycles. The van der Waals surface area contributed by atoms with E-state index in [1.54, 1.807) is 0 Å². The molecule has 1 saturated heterocycles. The number of aromatic nitrogens is 1. The Hall–Kier alpha value is -1.92. The van der Waals surface area contributed by atoms with Gasteiger partial charge in [-0.15, -0.1) is 11.3 Å². The molecule has 1 N–H and O–H groups in total. The summed E-state index contributed by atoms with van der Waals surface area (Å²) in [5.74, 6) is -0.826. The van der Waals surface area contributed by atoms with Gasteiger partial charge < -0.3 is 14.7 Å². The highest BCUT2D eigenvalue weighted by atomic mass is 32.1. The molecular formula is C17H20N2O3S. The van der Waals surface area contributed by atoms with E-state index in [2.05, 4.69) is 17.9 Å². The molecule has 0 amide bonds. The molecule has 5 nitrogen and oxygen atoms in total. The van der Waals surface area contributed by atoms with E-state index < -0.39 is 5.97 Å². The second-order valence-electron chi connectivity index (χ2n) is 5.76. The van der Waals surface area contributed by atoms with Crippen LogP contribution >= 0.6 is 11.3 Å². The topological polar surface area (TPSA) is 62.7 Å². The largest absolute Gasteiger partial charge is 0.481 e. The number of ether oxygens (including phenoxy) is 1. The SMILES string of the molecule is Cc1ccc(-c2nc(N3CCOCC3)sc2CC(=O)O)c(C)c1. The third kappa shape index (κ3) is 3.54. The van der Waals surface area contributed by atoms with E-state index in [1.807, 2.05) is 19.1 Å². The van der Waals surface area contributed by atoms with Crippen LogP contribution in [0.2, 0.25) is 0 Å². The van der Waals surface area contributed by atoms with E-state index in [1.165, 1.54) is 16.9 Å². The molecule has 6 heteroatoms. The molecule has 1 fully saturated rings. The molecule has 3 rings (SSSR count). The Morgan fingerprint density at radius 1 is 1.35 bits per heavy atom. The van der Waals surface area contributed by atoms with Gasteiger partial charge in [-0.1, -0.05) is 23.8 Å². The summed E-state index contributed by atoms with van der Waals surface area (Å²) in [6.07, 6.45) is 0.00462. The number of anilines is 1. The molecule has 0 radical (unpaired) electrons. The molecule has 2 aromatic rings. The Bertz CT molecular complexity index is 721. The quantitative estimate of drug-likeness (QED) is 0.933. The minimum atomic E-state index is -0.826. The first-order valence-electron chi connectivity index (χ1n) is 7.66. The van der Waals surface area contributed by atoms with Crippen molar-refractivity contribution in [1.29, 1.82) is 0 Å². The van der Waals surface area contributed by atoms with Crippen LogP contribution in [0.3, 0.4) is 0 Å². The van der Waals surface area contributed by atoms with E-state index in [-0.39, 0.29) is 6.42 Å². The summed E-state index contributed by atoms with van der Waals surface area (Å²) in [6.45, 7) is 7.06. The predicted molar refractivity (Wildman–Crippen MR) is 91.4 cm³/mol. The van der Waals surface area contributed by atoms with Crippen molar-refractivity contribution in [3.8, 4) is 11.3 Å². The first-order valence-corrected chi connectivity index (χ1v) is 8.48. The lowest BCUT2D eigenvalue weighted by molar-refractivity contribution is -0.136. The molecule has 1 aliphatic heterocycles. The highest BCUT2D eigenvalue weighted by molar-refractivity contribution is 7.16. The van der Waals surface area contributed by atoms with Gasteiger partial charge in [0.05, 0.1) is 25.3 Å². The van der Waals surface area contributed by atoms with Crippen LogP contribution in [0.4, 0.5) is 5.13 Å². The van der Waals surface area contributed by atoms with Crippen molar-refractivity contribution >= 4 is 22.4 Å². The molecule has 0 bridgehead atoms. The number of nitrogens with zero attached hydrogens (tertiary/aromatic N) is 2. The summed E-state index contributed by atoms with van der Waals surface area (Å²) >= 11 is 1.48. The first kappa shape index (κ1) is 16.0. The Balaban J connectivity index is 2.02. The van der Waals surface area contributed by atoms with E-state index in [4.69, 9.17) is 9.72 Å². The van der Waals surface area contributed by atoms with Gasteiger partial charge in [-0.3, -0.25) is 4.79 Å². The zero-order valence-corrected chi connectivity index (χ0v) is 14.2. The number of aryl methyl sites for hydroxylation is 2. The Labute approximate surface area is 139 Å². The molecular weight excluding hydrogens is 312 g/mol. The fraction of sp³-hybridized carbons (Fsp3) is 0.412. The van der Waals surface area contributed by atoms with Gasteiger partial charge in [0.15, 0.2) is 5.13 Å². The molecule has 0 spiro atoms. The number of hydrogen-bond acceptors (Lipinski definition) is 5. The standard InChI is InChI=1S/C17H20N2O3S/c1-11-3-4-13(12(2)9-11)16-14(10-15(20)21)23-17(18-16)19-5-7-22-8-6-19/h3-4,9H,5-8,10H2,1-2H3,(H,20,21). The molecule has 23 heavy (non-hydrogen) atoms. The van der Waals surface area contributed by atoms with Gasteiger partial charge in [-0.25, -0.2) is 4.98 Å².